The highest BCUT2D eigenvalue weighted by atomic mass is 32.2. The fraction of sp³-hybridized carbons (Fsp3) is 1.00. The van der Waals surface area contributed by atoms with E-state index < -0.39 is 83.1 Å². The zero-order chi connectivity index (χ0) is 44.7. The lowest BCUT2D eigenvalue weighted by molar-refractivity contribution is -0.870. The third kappa shape index (κ3) is 17.4. The highest BCUT2D eigenvalue weighted by molar-refractivity contribution is 7.84. The fourth-order valence-electron chi connectivity index (χ4n) is 4.19. The molecule has 0 aliphatic rings. The molecule has 0 aliphatic heterocycles. The molecule has 1 atom stereocenters. The van der Waals surface area contributed by atoms with E-state index in [1.54, 1.807) is 0 Å². The van der Waals surface area contributed by atoms with E-state index >= 15 is 0 Å². The van der Waals surface area contributed by atoms with Crippen LogP contribution in [0.15, 0.2) is 0 Å². The van der Waals surface area contributed by atoms with Gasteiger partial charge in [0.15, 0.2) is 0 Å². The summed E-state index contributed by atoms with van der Waals surface area (Å²) < 4.78 is 271. The summed E-state index contributed by atoms with van der Waals surface area (Å²) in [5.41, 5.74) is 0. The van der Waals surface area contributed by atoms with Gasteiger partial charge in [0.05, 0.1) is 64.3 Å². The molecule has 0 aromatic heterocycles. The second-order valence-corrected chi connectivity index (χ2v) is 15.1. The second kappa shape index (κ2) is 22.2. The van der Waals surface area contributed by atoms with Crippen molar-refractivity contribution in [1.82, 2.24) is 0 Å². The predicted octanol–water partition coefficient (Wildman–Crippen LogP) is 8.18. The van der Waals surface area contributed by atoms with Crippen molar-refractivity contribution in [3.8, 4) is 0 Å². The molecule has 26 heteroatoms. The molecule has 0 rings (SSSR count). The predicted molar refractivity (Wildman–Crippen MR) is 164 cm³/mol. The van der Waals surface area contributed by atoms with Crippen LogP contribution < -0.4 is 0 Å². The normalized spacial score (nSPS) is 15.1. The number of halogens is 17. The Morgan fingerprint density at radius 2 is 0.839 bits per heavy atom. The summed E-state index contributed by atoms with van der Waals surface area (Å²) in [5, 5.41) is 9.83. The molecule has 0 bridgehead atoms. The molecule has 0 radical (unpaired) electrons. The zero-order valence-corrected chi connectivity index (χ0v) is 31.6. The third-order valence-corrected chi connectivity index (χ3v) is 7.47. The summed E-state index contributed by atoms with van der Waals surface area (Å²) >= 11 is 0. The molecule has 340 valence electrons. The van der Waals surface area contributed by atoms with Crippen molar-refractivity contribution in [3.63, 3.8) is 0 Å². The molecule has 1 N–H and O–H groups in total. The molecule has 0 spiro atoms. The number of aliphatic hydroxyl groups is 1. The zero-order valence-electron chi connectivity index (χ0n) is 30.8. The van der Waals surface area contributed by atoms with Gasteiger partial charge in [-0.2, -0.15) is 74.6 Å². The van der Waals surface area contributed by atoms with E-state index in [9.17, 15) is 79.7 Å². The number of likely N-dealkylation sites (N-methyl/N-ethyl adjacent to an activating group) is 1. The summed E-state index contributed by atoms with van der Waals surface area (Å²) in [6.45, 7) is 2.50. The Morgan fingerprint density at radius 1 is 0.518 bits per heavy atom. The number of hydrogen-bond acceptors (Lipinski definition) is 7. The second-order valence-electron chi connectivity index (χ2n) is 13.7. The van der Waals surface area contributed by atoms with Crippen molar-refractivity contribution < 1.29 is 111 Å². The molecule has 0 fully saturated rings. The first-order valence-electron chi connectivity index (χ1n) is 16.7. The van der Waals surface area contributed by atoms with Crippen LogP contribution in [0.25, 0.3) is 0 Å². The third-order valence-electron chi connectivity index (χ3n) is 7.47. The summed E-state index contributed by atoms with van der Waals surface area (Å²) in [6.07, 6.45) is -8.48. The first-order chi connectivity index (χ1) is 24.9. The molecule has 8 nitrogen and oxygen atoms in total. The Labute approximate surface area is 313 Å². The van der Waals surface area contributed by atoms with Crippen molar-refractivity contribution in [2.45, 2.75) is 118 Å². The lowest BCUT2D eigenvalue weighted by Crippen LogP contribution is -2.74. The number of rotatable bonds is 28. The molecule has 0 saturated carbocycles. The molecular weight excluding hydrogens is 841 g/mol. The molecule has 0 amide bonds. The molecule has 56 heavy (non-hydrogen) atoms. The lowest BCUT2D eigenvalue weighted by atomic mass is 9.87. The van der Waals surface area contributed by atoms with Gasteiger partial charge >= 0.3 is 47.6 Å². The topological polar surface area (TPSA) is 105 Å². The van der Waals surface area contributed by atoms with Gasteiger partial charge in [0.25, 0.3) is 0 Å². The van der Waals surface area contributed by atoms with Crippen molar-refractivity contribution in [1.29, 1.82) is 0 Å². The van der Waals surface area contributed by atoms with Crippen molar-refractivity contribution >= 4 is 10.1 Å². The minimum absolute atomic E-state index is 0.0242. The van der Waals surface area contributed by atoms with Gasteiger partial charge in [-0.15, -0.1) is 0 Å². The maximum atomic E-state index is 14.0. The Bertz CT molecular complexity index is 1210. The highest BCUT2D eigenvalue weighted by Gasteiger charge is 2.95. The number of unbranched alkanes of at least 4 members (excludes halogenated alkanes) is 8. The van der Waals surface area contributed by atoms with Gasteiger partial charge in [0.1, 0.15) is 12.6 Å². The maximum absolute atomic E-state index is 14.0. The number of nitrogens with zero attached hydrogens (tertiary/aromatic N) is 1. The number of aliphatic hydroxyl groups excluding tert-OH is 1. The van der Waals surface area contributed by atoms with E-state index in [1.807, 2.05) is 21.1 Å². The molecule has 0 aromatic carbocycles. The van der Waals surface area contributed by atoms with Crippen LogP contribution in [0.5, 0.6) is 0 Å². The van der Waals surface area contributed by atoms with Crippen LogP contribution in [0, 0.1) is 0 Å². The Balaban J connectivity index is 0. The van der Waals surface area contributed by atoms with Gasteiger partial charge in [-0.25, -0.2) is 8.42 Å². The van der Waals surface area contributed by atoms with Gasteiger partial charge in [0, 0.05) is 19.3 Å². The Morgan fingerprint density at radius 3 is 1.23 bits per heavy atom. The minimum Gasteiger partial charge on any atom is -0.748 e. The van der Waals surface area contributed by atoms with Crippen LogP contribution in [0.4, 0.5) is 74.6 Å². The number of hydrogen-bond donors (Lipinski definition) is 1. The SMILES string of the molecule is CS(=O)(=O)[O-].C[N+](C)(C)CCOCCOCC(O)COCCCCCCCCCCCC(F)(F)C(F)(F)C(F)(F)C(F)(F)C(F)(F)C(F)(F)C(F)(F)C(F)(F)F. The Hall–Kier alpha value is -1.48. The maximum Gasteiger partial charge on any atom is 0.460 e. The van der Waals surface area contributed by atoms with Gasteiger partial charge in [0.2, 0.25) is 0 Å². The average Bonchev–Trinajstić information content (AvgIpc) is 3.00. The fourth-order valence-corrected chi connectivity index (χ4v) is 4.19. The standard InChI is InChI=1S/C29H45F17NO4.CH4O3S/c1-47(2,3)14-16-49-17-18-51-20-21(48)19-50-15-12-10-8-6-4-5-7-9-11-13-22(30,31)23(32,33)24(34,35)25(36,37)26(38,39)27(40,41)28(42,43)29(44,45)46;1-5(2,3)4/h21,48H,4-20H2,1-3H3;1H3,(H,2,3,4)/q+1;/p-1. The first-order valence-corrected chi connectivity index (χ1v) is 18.5. The smallest absolute Gasteiger partial charge is 0.460 e. The monoisotopic (exact) mass is 889 g/mol. The summed E-state index contributed by atoms with van der Waals surface area (Å²) in [6, 6.07) is 0. The largest absolute Gasteiger partial charge is 0.748 e. The number of ether oxygens (including phenoxy) is 3. The average molecular weight is 890 g/mol. The van der Waals surface area contributed by atoms with Crippen molar-refractivity contribution in [3.05, 3.63) is 0 Å². The summed E-state index contributed by atoms with van der Waals surface area (Å²) in [4.78, 5) is 0. The first kappa shape index (κ1) is 56.6. The van der Waals surface area contributed by atoms with Crippen LogP contribution in [0.2, 0.25) is 0 Å². The van der Waals surface area contributed by atoms with Crippen LogP contribution in [0.1, 0.15) is 64.2 Å². The minimum atomic E-state index is -8.60. The van der Waals surface area contributed by atoms with E-state index in [4.69, 9.17) is 27.2 Å². The highest BCUT2D eigenvalue weighted by Crippen LogP contribution is 2.64. The molecule has 0 heterocycles. The molecular formula is C30H48F17NO7S. The molecule has 0 saturated heterocycles. The molecule has 1 unspecified atom stereocenters. The number of alkyl halides is 17. The van der Waals surface area contributed by atoms with E-state index in [0.29, 0.717) is 71.2 Å². The van der Waals surface area contributed by atoms with Crippen molar-refractivity contribution in [2.75, 3.05) is 73.6 Å². The molecule has 0 aliphatic carbocycles. The van der Waals surface area contributed by atoms with E-state index in [1.165, 1.54) is 0 Å². The summed E-state index contributed by atoms with van der Waals surface area (Å²) in [7, 11) is 2.16. The van der Waals surface area contributed by atoms with Crippen LogP contribution >= 0.6 is 0 Å². The van der Waals surface area contributed by atoms with E-state index in [2.05, 4.69) is 0 Å². The van der Waals surface area contributed by atoms with Crippen LogP contribution in [-0.2, 0) is 24.3 Å². The van der Waals surface area contributed by atoms with Crippen molar-refractivity contribution in [2.24, 2.45) is 0 Å². The molecule has 0 aromatic rings. The lowest BCUT2D eigenvalue weighted by Gasteiger charge is -2.42. The quantitative estimate of drug-likeness (QED) is 0.0366. The van der Waals surface area contributed by atoms with E-state index in [-0.39, 0.29) is 19.6 Å². The van der Waals surface area contributed by atoms with Gasteiger partial charge in [-0.05, 0) is 12.8 Å². The van der Waals surface area contributed by atoms with Gasteiger partial charge in [-0.1, -0.05) is 44.9 Å². The van der Waals surface area contributed by atoms with Gasteiger partial charge in [-0.3, -0.25) is 0 Å². The van der Waals surface area contributed by atoms with Crippen LogP contribution in [0.3, 0.4) is 0 Å². The van der Waals surface area contributed by atoms with Gasteiger partial charge < -0.3 is 28.4 Å². The summed E-state index contributed by atoms with van der Waals surface area (Å²) in [5.74, 6) is -55.9. The van der Waals surface area contributed by atoms with Crippen LogP contribution in [-0.4, -0.2) is 150 Å². The van der Waals surface area contributed by atoms with E-state index in [0.717, 1.165) is 11.0 Å². The Kier molecular flexibility index (Phi) is 22.5. The number of quaternary nitrogens is 1.